The first-order valence-electron chi connectivity index (χ1n) is 9.09. The van der Waals surface area contributed by atoms with E-state index in [0.29, 0.717) is 0 Å². The van der Waals surface area contributed by atoms with E-state index in [4.69, 9.17) is 4.74 Å². The number of carbonyl (C=O) groups is 3. The molecule has 2 radical (unpaired) electrons. The fraction of sp³-hybridized carbons (Fsp3) is 0.450. The van der Waals surface area contributed by atoms with Gasteiger partial charge in [0.05, 0.1) is 0 Å². The van der Waals surface area contributed by atoms with E-state index in [1.807, 2.05) is 18.2 Å². The highest BCUT2D eigenvalue weighted by molar-refractivity contribution is 5.92. The van der Waals surface area contributed by atoms with Gasteiger partial charge in [-0.3, -0.25) is 19.2 Å². The van der Waals surface area contributed by atoms with Crippen molar-refractivity contribution in [1.29, 1.82) is 0 Å². The third-order valence-electron chi connectivity index (χ3n) is 3.93. The first kappa shape index (κ1) is 23.8. The summed E-state index contributed by atoms with van der Waals surface area (Å²) in [5.74, 6) is -1.54. The standard InChI is InChI=1S/C20H25N3O6/c1-13(2)17(23-20(28)29-12-15-7-5-4-6-8-15)19(27)21-14(3)18(26)22-16(11-25)9-10-24/h4-8,13-14,16-17H,9,12H2,1-3H3,(H,21,27)(H,22,26)(H,23,28). The monoisotopic (exact) mass is 403 g/mol. The number of hydrogen-bond acceptors (Lipinski definition) is 6. The summed E-state index contributed by atoms with van der Waals surface area (Å²) >= 11 is 0. The van der Waals surface area contributed by atoms with Gasteiger partial charge < -0.3 is 20.7 Å². The molecule has 29 heavy (non-hydrogen) atoms. The Balaban J connectivity index is 2.59. The number of benzene rings is 1. The van der Waals surface area contributed by atoms with Crippen molar-refractivity contribution in [2.45, 2.75) is 51.9 Å². The Bertz CT molecular complexity index is 707. The first-order chi connectivity index (χ1) is 13.8. The molecule has 9 heteroatoms. The summed E-state index contributed by atoms with van der Waals surface area (Å²) in [6.45, 7) is 4.91. The average molecular weight is 403 g/mol. The second-order valence-electron chi connectivity index (χ2n) is 6.69. The molecule has 3 unspecified atom stereocenters. The van der Waals surface area contributed by atoms with Crippen molar-refractivity contribution in [3.8, 4) is 0 Å². The van der Waals surface area contributed by atoms with Gasteiger partial charge >= 0.3 is 6.09 Å². The van der Waals surface area contributed by atoms with Gasteiger partial charge in [-0.2, -0.15) is 0 Å². The fourth-order valence-corrected chi connectivity index (χ4v) is 2.30. The van der Waals surface area contributed by atoms with Crippen molar-refractivity contribution in [3.63, 3.8) is 0 Å². The zero-order valence-electron chi connectivity index (χ0n) is 16.6. The molecule has 3 N–H and O–H groups in total. The van der Waals surface area contributed by atoms with E-state index >= 15 is 0 Å². The van der Waals surface area contributed by atoms with Crippen LogP contribution >= 0.6 is 0 Å². The van der Waals surface area contributed by atoms with Gasteiger partial charge in [0.25, 0.3) is 0 Å². The molecule has 0 aliphatic heterocycles. The van der Waals surface area contributed by atoms with Gasteiger partial charge in [-0.05, 0) is 18.4 Å². The van der Waals surface area contributed by atoms with Crippen LogP contribution in [0.15, 0.2) is 30.3 Å². The molecule has 0 aliphatic carbocycles. The zero-order chi connectivity index (χ0) is 21.8. The van der Waals surface area contributed by atoms with Gasteiger partial charge in [0.1, 0.15) is 24.7 Å². The van der Waals surface area contributed by atoms with Gasteiger partial charge in [-0.1, -0.05) is 44.2 Å². The summed E-state index contributed by atoms with van der Waals surface area (Å²) in [7, 11) is 0. The SMILES string of the molecule is CC(NC(=O)C(NC(=O)OCc1ccccc1)C(C)C)C(=O)NC([C]=O)C[C]=O. The summed E-state index contributed by atoms with van der Waals surface area (Å²) in [5.41, 5.74) is 0.799. The smallest absolute Gasteiger partial charge is 0.408 e. The molecule has 1 aromatic rings. The number of ether oxygens (including phenoxy) is 1. The van der Waals surface area contributed by atoms with Crippen LogP contribution in [0.3, 0.4) is 0 Å². The highest BCUT2D eigenvalue weighted by atomic mass is 16.5. The topological polar surface area (TPSA) is 131 Å². The Kier molecular flexibility index (Phi) is 10.1. The van der Waals surface area contributed by atoms with Crippen LogP contribution in [0.1, 0.15) is 32.8 Å². The van der Waals surface area contributed by atoms with E-state index < -0.39 is 36.0 Å². The lowest BCUT2D eigenvalue weighted by Gasteiger charge is -2.24. The number of amides is 3. The van der Waals surface area contributed by atoms with E-state index in [-0.39, 0.29) is 18.9 Å². The van der Waals surface area contributed by atoms with Crippen molar-refractivity contribution in [1.82, 2.24) is 16.0 Å². The first-order valence-corrected chi connectivity index (χ1v) is 9.09. The number of hydrogen-bond donors (Lipinski definition) is 3. The second kappa shape index (κ2) is 12.3. The molecule has 3 amide bonds. The van der Waals surface area contributed by atoms with Crippen LogP contribution in [0.5, 0.6) is 0 Å². The molecule has 1 aromatic carbocycles. The van der Waals surface area contributed by atoms with Crippen molar-refractivity contribution < 1.29 is 28.7 Å². The molecule has 0 fully saturated rings. The second-order valence-corrected chi connectivity index (χ2v) is 6.69. The van der Waals surface area contributed by atoms with Crippen LogP contribution in [-0.2, 0) is 30.5 Å². The van der Waals surface area contributed by atoms with Crippen molar-refractivity contribution in [3.05, 3.63) is 35.9 Å². The Morgan fingerprint density at radius 2 is 1.62 bits per heavy atom. The van der Waals surface area contributed by atoms with Crippen LogP contribution in [-0.4, -0.2) is 48.6 Å². The summed E-state index contributed by atoms with van der Waals surface area (Å²) in [6.07, 6.45) is 1.91. The molecule has 0 heterocycles. The van der Waals surface area contributed by atoms with Crippen LogP contribution < -0.4 is 16.0 Å². The third-order valence-corrected chi connectivity index (χ3v) is 3.93. The highest BCUT2D eigenvalue weighted by Crippen LogP contribution is 2.05. The molecule has 9 nitrogen and oxygen atoms in total. The van der Waals surface area contributed by atoms with Crippen molar-refractivity contribution >= 4 is 30.5 Å². The van der Waals surface area contributed by atoms with Crippen LogP contribution in [0, 0.1) is 5.92 Å². The van der Waals surface area contributed by atoms with Crippen LogP contribution in [0.4, 0.5) is 4.79 Å². The normalized spacial score (nSPS) is 13.5. The average Bonchev–Trinajstić information content (AvgIpc) is 2.70. The maximum atomic E-state index is 12.5. The van der Waals surface area contributed by atoms with E-state index in [9.17, 15) is 24.0 Å². The molecular weight excluding hydrogens is 378 g/mol. The molecule has 0 saturated heterocycles. The molecular formula is C20H25N3O6. The molecule has 0 bridgehead atoms. The number of rotatable bonds is 11. The van der Waals surface area contributed by atoms with Gasteiger partial charge in [0.15, 0.2) is 0 Å². The molecule has 1 rings (SSSR count). The van der Waals surface area contributed by atoms with Crippen molar-refractivity contribution in [2.75, 3.05) is 0 Å². The highest BCUT2D eigenvalue weighted by Gasteiger charge is 2.28. The molecule has 0 aromatic heterocycles. The van der Waals surface area contributed by atoms with Gasteiger partial charge in [-0.15, -0.1) is 0 Å². The number of alkyl carbamates (subject to hydrolysis) is 1. The predicted octanol–water partition coefficient (Wildman–Crippen LogP) is 0.536. The van der Waals surface area contributed by atoms with Crippen LogP contribution in [0.2, 0.25) is 0 Å². The lowest BCUT2D eigenvalue weighted by Crippen LogP contribution is -2.55. The minimum absolute atomic E-state index is 0.0508. The lowest BCUT2D eigenvalue weighted by molar-refractivity contribution is -0.130. The fourth-order valence-electron chi connectivity index (χ4n) is 2.30. The number of carbonyl (C=O) groups excluding carboxylic acids is 5. The molecule has 0 aliphatic rings. The maximum Gasteiger partial charge on any atom is 0.408 e. The van der Waals surface area contributed by atoms with E-state index in [0.717, 1.165) is 5.56 Å². The largest absolute Gasteiger partial charge is 0.445 e. The number of nitrogens with one attached hydrogen (secondary N) is 3. The molecule has 156 valence electrons. The Morgan fingerprint density at radius 3 is 2.17 bits per heavy atom. The van der Waals surface area contributed by atoms with E-state index in [1.54, 1.807) is 26.0 Å². The Morgan fingerprint density at radius 1 is 0.966 bits per heavy atom. The van der Waals surface area contributed by atoms with Gasteiger partial charge in [-0.25, -0.2) is 4.79 Å². The minimum atomic E-state index is -1.13. The Labute approximate surface area is 169 Å². The quantitative estimate of drug-likeness (QED) is 0.494. The van der Waals surface area contributed by atoms with E-state index in [1.165, 1.54) is 19.5 Å². The summed E-state index contributed by atoms with van der Waals surface area (Å²) < 4.78 is 5.12. The van der Waals surface area contributed by atoms with Gasteiger partial charge in [0, 0.05) is 6.42 Å². The summed E-state index contributed by atoms with van der Waals surface area (Å²) in [4.78, 5) is 57.6. The maximum absolute atomic E-state index is 12.5. The van der Waals surface area contributed by atoms with Crippen molar-refractivity contribution in [2.24, 2.45) is 5.92 Å². The predicted molar refractivity (Wildman–Crippen MR) is 104 cm³/mol. The van der Waals surface area contributed by atoms with Crippen LogP contribution in [0.25, 0.3) is 0 Å². The zero-order valence-corrected chi connectivity index (χ0v) is 16.6. The summed E-state index contributed by atoms with van der Waals surface area (Å²) in [6, 6.07) is 5.98. The third kappa shape index (κ3) is 8.54. The Hall–Kier alpha value is -3.23. The van der Waals surface area contributed by atoms with Gasteiger partial charge in [0.2, 0.25) is 24.4 Å². The summed E-state index contributed by atoms with van der Waals surface area (Å²) in [5, 5.41) is 7.21. The van der Waals surface area contributed by atoms with E-state index in [2.05, 4.69) is 16.0 Å². The molecule has 3 atom stereocenters. The molecule has 0 spiro atoms. The minimum Gasteiger partial charge on any atom is -0.445 e. The lowest BCUT2D eigenvalue weighted by atomic mass is 10.0. The molecule has 0 saturated carbocycles.